The van der Waals surface area contributed by atoms with Crippen molar-refractivity contribution in [3.05, 3.63) is 12.7 Å². The number of carbonyl (C=O) groups excluding carboxylic acids is 1. The molecule has 0 aromatic rings. The molecule has 0 saturated carbocycles. The molecule has 0 spiro atoms. The Balaban J connectivity index is 0. The summed E-state index contributed by atoms with van der Waals surface area (Å²) in [6, 6.07) is 0. The number of hydrogen-bond donors (Lipinski definition) is 0. The van der Waals surface area contributed by atoms with Gasteiger partial charge >= 0.3 is 0 Å². The van der Waals surface area contributed by atoms with Gasteiger partial charge in [-0.05, 0) is 12.5 Å². The Labute approximate surface area is 101 Å². The first kappa shape index (κ1) is 15.8. The van der Waals surface area contributed by atoms with E-state index in [2.05, 4.69) is 10.8 Å². The van der Waals surface area contributed by atoms with Crippen molar-refractivity contribution in [2.24, 2.45) is 0 Å². The zero-order valence-electron chi connectivity index (χ0n) is 7.95. The van der Waals surface area contributed by atoms with Crippen LogP contribution in [0.2, 0.25) is 0 Å². The topological polar surface area (TPSA) is 60.4 Å². The SMILES string of the molecule is C=CC(=O)COS(=O)(=O)CCC.[Na]. The Morgan fingerprint density at radius 2 is 2.08 bits per heavy atom. The van der Waals surface area contributed by atoms with Crippen molar-refractivity contribution >= 4 is 45.5 Å². The van der Waals surface area contributed by atoms with Crippen molar-refractivity contribution in [2.75, 3.05) is 12.4 Å². The molecule has 0 saturated heterocycles. The van der Waals surface area contributed by atoms with E-state index in [4.69, 9.17) is 0 Å². The van der Waals surface area contributed by atoms with Gasteiger partial charge in [-0.1, -0.05) is 13.5 Å². The van der Waals surface area contributed by atoms with Crippen LogP contribution in [0, 0.1) is 0 Å². The molecule has 0 N–H and O–H groups in total. The smallest absolute Gasteiger partial charge is 0.267 e. The third-order valence-corrected chi connectivity index (χ3v) is 2.45. The van der Waals surface area contributed by atoms with E-state index in [1.807, 2.05) is 0 Å². The summed E-state index contributed by atoms with van der Waals surface area (Å²) in [4.78, 5) is 10.6. The van der Waals surface area contributed by atoms with E-state index in [0.29, 0.717) is 6.42 Å². The maximum absolute atomic E-state index is 10.8. The summed E-state index contributed by atoms with van der Waals surface area (Å²) in [5.41, 5.74) is 0. The summed E-state index contributed by atoms with van der Waals surface area (Å²) in [6.45, 7) is 4.46. The van der Waals surface area contributed by atoms with Crippen LogP contribution in [0.3, 0.4) is 0 Å². The number of carbonyl (C=O) groups is 1. The quantitative estimate of drug-likeness (QED) is 0.358. The Morgan fingerprint density at radius 3 is 2.46 bits per heavy atom. The molecule has 0 atom stereocenters. The van der Waals surface area contributed by atoms with E-state index in [1.54, 1.807) is 6.92 Å². The van der Waals surface area contributed by atoms with Crippen LogP contribution in [0.5, 0.6) is 0 Å². The van der Waals surface area contributed by atoms with Crippen molar-refractivity contribution < 1.29 is 17.4 Å². The van der Waals surface area contributed by atoms with Gasteiger partial charge in [0.1, 0.15) is 6.61 Å². The van der Waals surface area contributed by atoms with E-state index in [-0.39, 0.29) is 35.3 Å². The van der Waals surface area contributed by atoms with Crippen LogP contribution in [0.15, 0.2) is 12.7 Å². The predicted octanol–water partition coefficient (Wildman–Crippen LogP) is 0.117. The van der Waals surface area contributed by atoms with Crippen molar-refractivity contribution in [1.82, 2.24) is 0 Å². The molecule has 0 aromatic heterocycles. The average molecular weight is 215 g/mol. The van der Waals surface area contributed by atoms with Gasteiger partial charge in [0.05, 0.1) is 5.75 Å². The van der Waals surface area contributed by atoms with E-state index in [9.17, 15) is 13.2 Å². The first-order chi connectivity index (χ1) is 5.52. The molecule has 0 unspecified atom stereocenters. The first-order valence-electron chi connectivity index (χ1n) is 3.54. The monoisotopic (exact) mass is 215 g/mol. The molecule has 0 amide bonds. The van der Waals surface area contributed by atoms with Gasteiger partial charge in [-0.15, -0.1) is 0 Å². The molecular formula is C7H12NaO4S. The fraction of sp³-hybridized carbons (Fsp3) is 0.571. The minimum atomic E-state index is -3.51. The summed E-state index contributed by atoms with van der Waals surface area (Å²) in [5.74, 6) is -0.494. The molecule has 0 aromatic carbocycles. The van der Waals surface area contributed by atoms with Gasteiger partial charge in [-0.2, -0.15) is 8.42 Å². The van der Waals surface area contributed by atoms with Gasteiger partial charge in [0.15, 0.2) is 5.78 Å². The molecule has 0 aliphatic rings. The van der Waals surface area contributed by atoms with Gasteiger partial charge in [0.25, 0.3) is 10.1 Å². The van der Waals surface area contributed by atoms with Crippen molar-refractivity contribution in [2.45, 2.75) is 13.3 Å². The van der Waals surface area contributed by atoms with Crippen LogP contribution in [-0.4, -0.2) is 56.1 Å². The molecule has 1 radical (unpaired) electrons. The largest absolute Gasteiger partial charge is 0.292 e. The molecule has 13 heavy (non-hydrogen) atoms. The summed E-state index contributed by atoms with van der Waals surface area (Å²) in [6.07, 6.45) is 1.51. The Morgan fingerprint density at radius 1 is 1.54 bits per heavy atom. The Hall–Kier alpha value is 0.320. The van der Waals surface area contributed by atoms with E-state index in [1.165, 1.54) is 0 Å². The van der Waals surface area contributed by atoms with E-state index >= 15 is 0 Å². The van der Waals surface area contributed by atoms with E-state index < -0.39 is 22.5 Å². The van der Waals surface area contributed by atoms with Crippen molar-refractivity contribution in [3.63, 3.8) is 0 Å². The summed E-state index contributed by atoms with van der Waals surface area (Å²) < 4.78 is 26.1. The van der Waals surface area contributed by atoms with Crippen LogP contribution in [0.1, 0.15) is 13.3 Å². The van der Waals surface area contributed by atoms with Gasteiger partial charge < -0.3 is 0 Å². The van der Waals surface area contributed by atoms with Crippen LogP contribution in [-0.2, 0) is 19.1 Å². The zero-order chi connectivity index (χ0) is 9.61. The molecule has 0 bridgehead atoms. The van der Waals surface area contributed by atoms with Crippen LogP contribution >= 0.6 is 0 Å². The average Bonchev–Trinajstić information content (AvgIpc) is 2.00. The standard InChI is InChI=1S/C7H12O4S.Na/c1-3-5-12(9,10)11-6-7(8)4-2;/h4H,2-3,5-6H2,1H3;. The van der Waals surface area contributed by atoms with Gasteiger partial charge in [-0.3, -0.25) is 8.98 Å². The second-order valence-corrected chi connectivity index (χ2v) is 3.95. The second-order valence-electron chi connectivity index (χ2n) is 2.19. The maximum Gasteiger partial charge on any atom is 0.267 e. The third kappa shape index (κ3) is 8.64. The molecule has 0 fully saturated rings. The Bertz CT molecular complexity index is 258. The minimum absolute atomic E-state index is 0. The molecule has 71 valence electrons. The fourth-order valence-corrected chi connectivity index (χ4v) is 1.43. The number of ketones is 1. The maximum atomic E-state index is 10.8. The summed E-state index contributed by atoms with van der Waals surface area (Å²) >= 11 is 0. The van der Waals surface area contributed by atoms with Crippen LogP contribution in [0.25, 0.3) is 0 Å². The first-order valence-corrected chi connectivity index (χ1v) is 5.12. The van der Waals surface area contributed by atoms with Gasteiger partial charge in [0, 0.05) is 29.6 Å². The minimum Gasteiger partial charge on any atom is -0.292 e. The van der Waals surface area contributed by atoms with Crippen LogP contribution < -0.4 is 0 Å². The van der Waals surface area contributed by atoms with Crippen LogP contribution in [0.4, 0.5) is 0 Å². The Kier molecular flexibility index (Phi) is 9.34. The molecule has 4 nitrogen and oxygen atoms in total. The molecule has 0 heterocycles. The summed E-state index contributed by atoms with van der Waals surface area (Å²) in [7, 11) is -3.51. The normalized spacial score (nSPS) is 10.2. The van der Waals surface area contributed by atoms with Gasteiger partial charge in [-0.25, -0.2) is 0 Å². The molecule has 0 aliphatic heterocycles. The summed E-state index contributed by atoms with van der Waals surface area (Å²) in [5, 5.41) is 0. The molecule has 6 heteroatoms. The predicted molar refractivity (Wildman–Crippen MR) is 51.0 cm³/mol. The van der Waals surface area contributed by atoms with Gasteiger partial charge in [0.2, 0.25) is 0 Å². The fourth-order valence-electron chi connectivity index (χ4n) is 0.516. The second kappa shape index (κ2) is 7.70. The zero-order valence-corrected chi connectivity index (χ0v) is 10.8. The third-order valence-electron chi connectivity index (χ3n) is 1.06. The molecule has 0 rings (SSSR count). The van der Waals surface area contributed by atoms with Crippen molar-refractivity contribution in [1.29, 1.82) is 0 Å². The molecular weight excluding hydrogens is 203 g/mol. The molecule has 0 aliphatic carbocycles. The number of hydrogen-bond acceptors (Lipinski definition) is 4. The van der Waals surface area contributed by atoms with Crippen molar-refractivity contribution in [3.8, 4) is 0 Å². The number of rotatable bonds is 6. The van der Waals surface area contributed by atoms with E-state index in [0.717, 1.165) is 6.08 Å².